The Balaban J connectivity index is 2.06. The van der Waals surface area contributed by atoms with E-state index in [1.54, 1.807) is 36.1 Å². The number of ether oxygens (including phenoxy) is 1. The Labute approximate surface area is 171 Å². The zero-order valence-electron chi connectivity index (χ0n) is 16.4. The fourth-order valence-electron chi connectivity index (χ4n) is 2.66. The van der Waals surface area contributed by atoms with E-state index in [1.807, 2.05) is 30.3 Å². The molecule has 0 bridgehead atoms. The van der Waals surface area contributed by atoms with E-state index in [9.17, 15) is 9.59 Å². The van der Waals surface area contributed by atoms with Crippen molar-refractivity contribution >= 4 is 23.4 Å². The lowest BCUT2D eigenvalue weighted by Gasteiger charge is -2.28. The quantitative estimate of drug-likeness (QED) is 0.610. The van der Waals surface area contributed by atoms with Crippen LogP contribution in [0.4, 0.5) is 0 Å². The lowest BCUT2D eigenvalue weighted by Crippen LogP contribution is -2.49. The van der Waals surface area contributed by atoms with E-state index in [2.05, 4.69) is 12.2 Å². The van der Waals surface area contributed by atoms with Crippen LogP contribution in [0.25, 0.3) is 0 Å². The van der Waals surface area contributed by atoms with Crippen LogP contribution in [0.5, 0.6) is 5.75 Å². The molecule has 2 amide bonds. The van der Waals surface area contributed by atoms with Crippen molar-refractivity contribution in [2.75, 3.05) is 13.2 Å². The maximum atomic E-state index is 12.9. The van der Waals surface area contributed by atoms with Gasteiger partial charge in [-0.25, -0.2) is 0 Å². The SMILES string of the molecule is CCCCNC(=O)[C@@H](C)N(Cc1ccccc1)C(=O)COc1ccc(Cl)cc1. The molecule has 0 saturated carbocycles. The van der Waals surface area contributed by atoms with Gasteiger partial charge in [0.2, 0.25) is 5.91 Å². The normalized spacial score (nSPS) is 11.5. The van der Waals surface area contributed by atoms with Crippen LogP contribution >= 0.6 is 11.6 Å². The van der Waals surface area contributed by atoms with Crippen LogP contribution in [-0.2, 0) is 16.1 Å². The van der Waals surface area contributed by atoms with Crippen LogP contribution in [0.15, 0.2) is 54.6 Å². The first-order valence-electron chi connectivity index (χ1n) is 9.50. The molecular weight excluding hydrogens is 376 g/mol. The van der Waals surface area contributed by atoms with Crippen molar-refractivity contribution < 1.29 is 14.3 Å². The maximum absolute atomic E-state index is 12.9. The predicted molar refractivity (Wildman–Crippen MR) is 111 cm³/mol. The first-order valence-corrected chi connectivity index (χ1v) is 9.88. The summed E-state index contributed by atoms with van der Waals surface area (Å²) in [6, 6.07) is 15.8. The Bertz CT molecular complexity index is 750. The van der Waals surface area contributed by atoms with Gasteiger partial charge in [0.15, 0.2) is 6.61 Å². The average molecular weight is 403 g/mol. The predicted octanol–water partition coefficient (Wildman–Crippen LogP) is 4.05. The second-order valence-corrected chi connectivity index (χ2v) is 7.01. The third kappa shape index (κ3) is 6.89. The minimum absolute atomic E-state index is 0.152. The van der Waals surface area contributed by atoms with Crippen molar-refractivity contribution in [2.45, 2.75) is 39.3 Å². The molecule has 6 heteroatoms. The fraction of sp³-hybridized carbons (Fsp3) is 0.364. The second-order valence-electron chi connectivity index (χ2n) is 6.57. The van der Waals surface area contributed by atoms with Gasteiger partial charge < -0.3 is 15.0 Å². The van der Waals surface area contributed by atoms with Crippen LogP contribution in [0, 0.1) is 0 Å². The summed E-state index contributed by atoms with van der Waals surface area (Å²) < 4.78 is 5.59. The molecule has 0 fully saturated rings. The zero-order chi connectivity index (χ0) is 20.4. The lowest BCUT2D eigenvalue weighted by molar-refractivity contribution is -0.142. The van der Waals surface area contributed by atoms with Crippen LogP contribution in [0.2, 0.25) is 5.02 Å². The summed E-state index contributed by atoms with van der Waals surface area (Å²) >= 11 is 5.87. The highest BCUT2D eigenvalue weighted by atomic mass is 35.5. The van der Waals surface area contributed by atoms with Gasteiger partial charge in [0.25, 0.3) is 5.91 Å². The maximum Gasteiger partial charge on any atom is 0.261 e. The van der Waals surface area contributed by atoms with E-state index < -0.39 is 6.04 Å². The molecule has 1 atom stereocenters. The largest absolute Gasteiger partial charge is 0.484 e. The molecule has 1 N–H and O–H groups in total. The molecule has 0 heterocycles. The van der Waals surface area contributed by atoms with E-state index in [0.717, 1.165) is 18.4 Å². The van der Waals surface area contributed by atoms with E-state index in [0.29, 0.717) is 23.9 Å². The third-order valence-corrected chi connectivity index (χ3v) is 4.62. The molecule has 0 unspecified atom stereocenters. The zero-order valence-corrected chi connectivity index (χ0v) is 17.1. The third-order valence-electron chi connectivity index (χ3n) is 4.37. The molecule has 2 rings (SSSR count). The molecule has 0 spiro atoms. The first kappa shape index (κ1) is 21.8. The molecule has 28 heavy (non-hydrogen) atoms. The average Bonchev–Trinajstić information content (AvgIpc) is 2.71. The number of halogens is 1. The monoisotopic (exact) mass is 402 g/mol. The number of nitrogens with one attached hydrogen (secondary N) is 1. The molecule has 0 saturated heterocycles. The van der Waals surface area contributed by atoms with Gasteiger partial charge in [-0.3, -0.25) is 9.59 Å². The first-order chi connectivity index (χ1) is 13.5. The van der Waals surface area contributed by atoms with Crippen molar-refractivity contribution in [1.82, 2.24) is 10.2 Å². The Hall–Kier alpha value is -2.53. The summed E-state index contributed by atoms with van der Waals surface area (Å²) in [6.45, 7) is 4.60. The highest BCUT2D eigenvalue weighted by Gasteiger charge is 2.26. The van der Waals surface area contributed by atoms with Crippen LogP contribution in [0.3, 0.4) is 0 Å². The second kappa shape index (κ2) is 11.3. The molecule has 0 aromatic heterocycles. The Kier molecular flexibility index (Phi) is 8.82. The Morgan fingerprint density at radius 2 is 1.79 bits per heavy atom. The number of rotatable bonds is 10. The topological polar surface area (TPSA) is 58.6 Å². The van der Waals surface area contributed by atoms with Crippen molar-refractivity contribution in [1.29, 1.82) is 0 Å². The smallest absolute Gasteiger partial charge is 0.261 e. The van der Waals surface area contributed by atoms with Gasteiger partial charge in [-0.05, 0) is 43.2 Å². The lowest BCUT2D eigenvalue weighted by atomic mass is 10.1. The summed E-state index contributed by atoms with van der Waals surface area (Å²) in [5, 5.41) is 3.50. The number of benzene rings is 2. The van der Waals surface area contributed by atoms with Crippen molar-refractivity contribution in [3.8, 4) is 5.75 Å². The van der Waals surface area contributed by atoms with Crippen molar-refractivity contribution in [2.24, 2.45) is 0 Å². The Morgan fingerprint density at radius 1 is 1.11 bits per heavy atom. The molecule has 0 radical (unpaired) electrons. The minimum Gasteiger partial charge on any atom is -0.484 e. The number of amides is 2. The minimum atomic E-state index is -0.599. The Morgan fingerprint density at radius 3 is 2.43 bits per heavy atom. The highest BCUT2D eigenvalue weighted by Crippen LogP contribution is 2.16. The number of hydrogen-bond donors (Lipinski definition) is 1. The van der Waals surface area contributed by atoms with E-state index in [1.165, 1.54) is 0 Å². The van der Waals surface area contributed by atoms with Gasteiger partial charge in [-0.15, -0.1) is 0 Å². The molecule has 0 aliphatic heterocycles. The summed E-state index contributed by atoms with van der Waals surface area (Å²) in [7, 11) is 0. The van der Waals surface area contributed by atoms with Crippen LogP contribution in [0.1, 0.15) is 32.3 Å². The van der Waals surface area contributed by atoms with E-state index in [-0.39, 0.29) is 18.4 Å². The number of hydrogen-bond acceptors (Lipinski definition) is 3. The van der Waals surface area contributed by atoms with Crippen molar-refractivity contribution in [3.05, 3.63) is 65.2 Å². The summed E-state index contributed by atoms with van der Waals surface area (Å²) in [5.74, 6) is 0.138. The number of nitrogens with zero attached hydrogens (tertiary/aromatic N) is 1. The molecule has 150 valence electrons. The molecule has 0 aliphatic rings. The van der Waals surface area contributed by atoms with Crippen LogP contribution in [-0.4, -0.2) is 35.9 Å². The molecule has 2 aromatic carbocycles. The van der Waals surface area contributed by atoms with Gasteiger partial charge in [-0.2, -0.15) is 0 Å². The van der Waals surface area contributed by atoms with Crippen molar-refractivity contribution in [3.63, 3.8) is 0 Å². The van der Waals surface area contributed by atoms with Gasteiger partial charge in [-0.1, -0.05) is 55.3 Å². The van der Waals surface area contributed by atoms with Crippen LogP contribution < -0.4 is 10.1 Å². The highest BCUT2D eigenvalue weighted by molar-refractivity contribution is 6.30. The molecule has 5 nitrogen and oxygen atoms in total. The fourth-order valence-corrected chi connectivity index (χ4v) is 2.78. The number of carbonyl (C=O) groups is 2. The van der Waals surface area contributed by atoms with Gasteiger partial charge in [0, 0.05) is 18.1 Å². The van der Waals surface area contributed by atoms with Gasteiger partial charge in [0.1, 0.15) is 11.8 Å². The van der Waals surface area contributed by atoms with Gasteiger partial charge in [0.05, 0.1) is 0 Å². The van der Waals surface area contributed by atoms with E-state index in [4.69, 9.17) is 16.3 Å². The van der Waals surface area contributed by atoms with Gasteiger partial charge >= 0.3 is 0 Å². The molecule has 2 aromatic rings. The molecular formula is C22H27ClN2O3. The number of carbonyl (C=O) groups excluding carboxylic acids is 2. The van der Waals surface area contributed by atoms with E-state index >= 15 is 0 Å². The summed E-state index contributed by atoms with van der Waals surface area (Å²) in [5.41, 5.74) is 0.954. The molecule has 0 aliphatic carbocycles. The summed E-state index contributed by atoms with van der Waals surface area (Å²) in [6.07, 6.45) is 1.90. The number of unbranched alkanes of at least 4 members (excludes halogenated alkanes) is 1. The standard InChI is InChI=1S/C22H27ClN2O3/c1-3-4-14-24-22(27)17(2)25(15-18-8-6-5-7-9-18)21(26)16-28-20-12-10-19(23)11-13-20/h5-13,17H,3-4,14-16H2,1-2H3,(H,24,27)/t17-/m1/s1. The summed E-state index contributed by atoms with van der Waals surface area (Å²) in [4.78, 5) is 26.9.